The second-order valence-electron chi connectivity index (χ2n) is 4.46. The van der Waals surface area contributed by atoms with Crippen LogP contribution >= 0.6 is 0 Å². The van der Waals surface area contributed by atoms with Gasteiger partial charge in [-0.15, -0.1) is 0 Å². The standard InChI is InChI=1S/C17H14N2O4/c1-3-5-12(9-18)14(4-2)22-10-16-19-13-7-6-11(17(20)21)8-15(13)23-16/h3-8H,1,10H2,2H3,(H,20,21)/b12-5-,14-4+. The van der Waals surface area contributed by atoms with Gasteiger partial charge in [-0.25, -0.2) is 9.78 Å². The quantitative estimate of drug-likeness (QED) is 0.497. The minimum absolute atomic E-state index is 0.0208. The molecule has 0 aliphatic carbocycles. The number of carboxylic acid groups (broad SMARTS) is 1. The molecule has 6 nitrogen and oxygen atoms in total. The highest BCUT2D eigenvalue weighted by molar-refractivity contribution is 5.91. The molecule has 0 aliphatic heterocycles. The van der Waals surface area contributed by atoms with E-state index in [0.717, 1.165) is 0 Å². The van der Waals surface area contributed by atoms with Crippen molar-refractivity contribution in [2.45, 2.75) is 13.5 Å². The number of nitrogens with zero attached hydrogens (tertiary/aromatic N) is 2. The number of aromatic carboxylic acids is 1. The van der Waals surface area contributed by atoms with Crippen molar-refractivity contribution in [1.29, 1.82) is 5.26 Å². The van der Waals surface area contributed by atoms with E-state index in [2.05, 4.69) is 11.6 Å². The van der Waals surface area contributed by atoms with Gasteiger partial charge in [0.15, 0.2) is 12.2 Å². The lowest BCUT2D eigenvalue weighted by molar-refractivity contribution is 0.0697. The van der Waals surface area contributed by atoms with E-state index < -0.39 is 5.97 Å². The van der Waals surface area contributed by atoms with Gasteiger partial charge in [-0.3, -0.25) is 0 Å². The van der Waals surface area contributed by atoms with Crippen LogP contribution in [0.15, 0.2) is 58.8 Å². The molecule has 116 valence electrons. The molecule has 0 atom stereocenters. The summed E-state index contributed by atoms with van der Waals surface area (Å²) < 4.78 is 11.0. The molecule has 23 heavy (non-hydrogen) atoms. The predicted molar refractivity (Wildman–Crippen MR) is 83.4 cm³/mol. The van der Waals surface area contributed by atoms with Crippen LogP contribution in [0.4, 0.5) is 0 Å². The number of hydrogen-bond donors (Lipinski definition) is 1. The van der Waals surface area contributed by atoms with Gasteiger partial charge in [0.2, 0.25) is 5.89 Å². The third-order valence-corrected chi connectivity index (χ3v) is 2.96. The van der Waals surface area contributed by atoms with Crippen molar-refractivity contribution in [3.63, 3.8) is 0 Å². The van der Waals surface area contributed by atoms with Crippen molar-refractivity contribution in [2.75, 3.05) is 0 Å². The summed E-state index contributed by atoms with van der Waals surface area (Å²) >= 11 is 0. The van der Waals surface area contributed by atoms with Gasteiger partial charge < -0.3 is 14.3 Å². The molecule has 0 saturated carbocycles. The number of fused-ring (bicyclic) bond motifs is 1. The van der Waals surface area contributed by atoms with Crippen molar-refractivity contribution in [3.8, 4) is 6.07 Å². The van der Waals surface area contributed by atoms with Crippen molar-refractivity contribution >= 4 is 17.1 Å². The molecule has 0 saturated heterocycles. The number of aromatic nitrogens is 1. The normalized spacial score (nSPS) is 12.0. The molecule has 1 aromatic heterocycles. The Morgan fingerprint density at radius 3 is 2.96 bits per heavy atom. The van der Waals surface area contributed by atoms with Gasteiger partial charge in [-0.1, -0.05) is 12.7 Å². The Labute approximate surface area is 132 Å². The number of allylic oxidation sites excluding steroid dienone is 4. The fraction of sp³-hybridized carbons (Fsp3) is 0.118. The van der Waals surface area contributed by atoms with Crippen LogP contribution in [0, 0.1) is 11.3 Å². The fourth-order valence-corrected chi connectivity index (χ4v) is 1.92. The summed E-state index contributed by atoms with van der Waals surface area (Å²) in [5, 5.41) is 18.0. The summed E-state index contributed by atoms with van der Waals surface area (Å²) in [5.74, 6) is -0.357. The van der Waals surface area contributed by atoms with E-state index in [1.165, 1.54) is 18.2 Å². The van der Waals surface area contributed by atoms with Gasteiger partial charge in [-0.2, -0.15) is 5.26 Å². The number of rotatable bonds is 6. The molecule has 0 aliphatic rings. The Balaban J connectivity index is 2.19. The molecule has 6 heteroatoms. The van der Waals surface area contributed by atoms with Crippen LogP contribution in [0.3, 0.4) is 0 Å². The molecule has 1 aromatic carbocycles. The number of hydrogen-bond acceptors (Lipinski definition) is 5. The highest BCUT2D eigenvalue weighted by Crippen LogP contribution is 2.20. The van der Waals surface area contributed by atoms with E-state index in [0.29, 0.717) is 22.4 Å². The van der Waals surface area contributed by atoms with E-state index in [1.54, 1.807) is 25.1 Å². The lowest BCUT2D eigenvalue weighted by Crippen LogP contribution is -1.96. The zero-order valence-electron chi connectivity index (χ0n) is 12.4. The Morgan fingerprint density at radius 2 is 2.35 bits per heavy atom. The van der Waals surface area contributed by atoms with Crippen LogP contribution in [-0.4, -0.2) is 16.1 Å². The second kappa shape index (κ2) is 7.09. The minimum atomic E-state index is -1.04. The van der Waals surface area contributed by atoms with Gasteiger partial charge in [0.1, 0.15) is 17.3 Å². The summed E-state index contributed by atoms with van der Waals surface area (Å²) in [7, 11) is 0. The molecule has 2 aromatic rings. The summed E-state index contributed by atoms with van der Waals surface area (Å²) in [5.41, 5.74) is 1.37. The third kappa shape index (κ3) is 3.66. The molecule has 0 fully saturated rings. The molecule has 0 radical (unpaired) electrons. The topological polar surface area (TPSA) is 96.3 Å². The Bertz CT molecular complexity index is 853. The first-order valence-corrected chi connectivity index (χ1v) is 6.74. The zero-order valence-corrected chi connectivity index (χ0v) is 12.4. The van der Waals surface area contributed by atoms with E-state index in [-0.39, 0.29) is 18.1 Å². The van der Waals surface area contributed by atoms with Gasteiger partial charge in [-0.05, 0) is 37.3 Å². The maximum atomic E-state index is 10.9. The molecular formula is C17H14N2O4. The number of oxazole rings is 1. The average Bonchev–Trinajstić information content (AvgIpc) is 2.95. The van der Waals surface area contributed by atoms with Crippen LogP contribution in [0.5, 0.6) is 0 Å². The van der Waals surface area contributed by atoms with Crippen LogP contribution in [0.2, 0.25) is 0 Å². The smallest absolute Gasteiger partial charge is 0.335 e. The van der Waals surface area contributed by atoms with E-state index in [1.807, 2.05) is 6.07 Å². The first kappa shape index (κ1) is 16.0. The Kier molecular flexibility index (Phi) is 4.95. The van der Waals surface area contributed by atoms with Crippen molar-refractivity contribution in [3.05, 3.63) is 65.8 Å². The number of ether oxygens (including phenoxy) is 1. The molecule has 0 amide bonds. The number of carboxylic acids is 1. The molecule has 1 heterocycles. The highest BCUT2D eigenvalue weighted by Gasteiger charge is 2.11. The largest absolute Gasteiger partial charge is 0.483 e. The summed E-state index contributed by atoms with van der Waals surface area (Å²) in [6, 6.07) is 6.45. The lowest BCUT2D eigenvalue weighted by atomic mass is 10.2. The van der Waals surface area contributed by atoms with Gasteiger partial charge in [0.05, 0.1) is 11.1 Å². The third-order valence-electron chi connectivity index (χ3n) is 2.96. The molecule has 0 bridgehead atoms. The fourth-order valence-electron chi connectivity index (χ4n) is 1.92. The first-order valence-electron chi connectivity index (χ1n) is 6.74. The van der Waals surface area contributed by atoms with Gasteiger partial charge >= 0.3 is 5.97 Å². The summed E-state index contributed by atoms with van der Waals surface area (Å²) in [4.78, 5) is 15.2. The molecule has 2 rings (SSSR count). The SMILES string of the molecule is C=C/C=C(C#N)\C(=C/C)OCc1nc2ccc(C(=O)O)cc2o1. The van der Waals surface area contributed by atoms with E-state index in [4.69, 9.17) is 19.5 Å². The molecule has 0 unspecified atom stereocenters. The van der Waals surface area contributed by atoms with Crippen LogP contribution < -0.4 is 0 Å². The van der Waals surface area contributed by atoms with Crippen molar-refractivity contribution < 1.29 is 19.1 Å². The van der Waals surface area contributed by atoms with Crippen molar-refractivity contribution in [1.82, 2.24) is 4.98 Å². The molecular weight excluding hydrogens is 296 g/mol. The number of carbonyl (C=O) groups is 1. The Hall–Kier alpha value is -3.33. The van der Waals surface area contributed by atoms with Crippen LogP contribution in [-0.2, 0) is 11.3 Å². The molecule has 0 spiro atoms. The summed E-state index contributed by atoms with van der Waals surface area (Å²) in [6.07, 6.45) is 4.70. The lowest BCUT2D eigenvalue weighted by Gasteiger charge is -2.06. The van der Waals surface area contributed by atoms with Gasteiger partial charge in [0, 0.05) is 0 Å². The van der Waals surface area contributed by atoms with Gasteiger partial charge in [0.25, 0.3) is 0 Å². The highest BCUT2D eigenvalue weighted by atomic mass is 16.5. The van der Waals surface area contributed by atoms with E-state index >= 15 is 0 Å². The summed E-state index contributed by atoms with van der Waals surface area (Å²) in [6.45, 7) is 5.31. The second-order valence-corrected chi connectivity index (χ2v) is 4.46. The Morgan fingerprint density at radius 1 is 1.57 bits per heavy atom. The molecule has 1 N–H and O–H groups in total. The number of nitriles is 1. The maximum absolute atomic E-state index is 10.9. The first-order chi connectivity index (χ1) is 11.1. The average molecular weight is 310 g/mol. The van der Waals surface area contributed by atoms with Crippen LogP contribution in [0.1, 0.15) is 23.2 Å². The van der Waals surface area contributed by atoms with E-state index in [9.17, 15) is 4.79 Å². The minimum Gasteiger partial charge on any atom is -0.483 e. The van der Waals surface area contributed by atoms with Crippen molar-refractivity contribution in [2.24, 2.45) is 0 Å². The zero-order chi connectivity index (χ0) is 16.8. The maximum Gasteiger partial charge on any atom is 0.335 e. The predicted octanol–water partition coefficient (Wildman–Crippen LogP) is 3.58. The monoisotopic (exact) mass is 310 g/mol. The number of benzene rings is 1. The van der Waals surface area contributed by atoms with Crippen LogP contribution in [0.25, 0.3) is 11.1 Å².